The molecule has 2 aromatic carbocycles. The molecule has 0 amide bonds. The lowest BCUT2D eigenvalue weighted by Gasteiger charge is -2.29. The summed E-state index contributed by atoms with van der Waals surface area (Å²) < 4.78 is 27.4. The lowest BCUT2D eigenvalue weighted by atomic mass is 9.83. The second-order valence-electron chi connectivity index (χ2n) is 7.81. The van der Waals surface area contributed by atoms with Crippen LogP contribution in [0.15, 0.2) is 76.9 Å². The van der Waals surface area contributed by atoms with Crippen molar-refractivity contribution in [2.75, 3.05) is 6.61 Å². The monoisotopic (exact) mass is 448 g/mol. The maximum Gasteiger partial charge on any atom is 0.340 e. The van der Waals surface area contributed by atoms with Crippen molar-refractivity contribution in [3.8, 4) is 5.75 Å². The van der Waals surface area contributed by atoms with Crippen LogP contribution in [-0.4, -0.2) is 17.1 Å². The quantitative estimate of drug-likeness (QED) is 0.580. The molecule has 33 heavy (non-hydrogen) atoms. The van der Waals surface area contributed by atoms with Crippen molar-refractivity contribution in [2.45, 2.75) is 32.7 Å². The van der Waals surface area contributed by atoms with E-state index in [1.54, 1.807) is 36.6 Å². The highest BCUT2D eigenvalue weighted by Gasteiger charge is 2.39. The van der Waals surface area contributed by atoms with E-state index in [0.29, 0.717) is 18.7 Å². The molecule has 170 valence electrons. The van der Waals surface area contributed by atoms with Crippen LogP contribution in [0, 0.1) is 12.7 Å². The fourth-order valence-corrected chi connectivity index (χ4v) is 4.18. The molecule has 0 aliphatic carbocycles. The van der Waals surface area contributed by atoms with Crippen LogP contribution < -0.4 is 16.0 Å². The number of fused-ring (bicyclic) bond motifs is 1. The van der Waals surface area contributed by atoms with Gasteiger partial charge in [0.2, 0.25) is 5.88 Å². The Morgan fingerprint density at radius 2 is 1.85 bits per heavy atom. The van der Waals surface area contributed by atoms with Gasteiger partial charge in [-0.2, -0.15) is 0 Å². The van der Waals surface area contributed by atoms with Gasteiger partial charge in [-0.3, -0.25) is 4.79 Å². The average molecular weight is 448 g/mol. The third kappa shape index (κ3) is 4.26. The van der Waals surface area contributed by atoms with Gasteiger partial charge >= 0.3 is 5.97 Å². The van der Waals surface area contributed by atoms with Gasteiger partial charge in [-0.15, -0.1) is 0 Å². The fraction of sp³-hybridized carbons (Fsp3) is 0.231. The van der Waals surface area contributed by atoms with Crippen molar-refractivity contribution in [1.82, 2.24) is 4.57 Å². The van der Waals surface area contributed by atoms with Crippen molar-refractivity contribution in [1.29, 1.82) is 0 Å². The number of halogens is 1. The molecule has 1 aromatic heterocycles. The second-order valence-corrected chi connectivity index (χ2v) is 7.81. The van der Waals surface area contributed by atoms with Crippen LogP contribution in [0.4, 0.5) is 4.39 Å². The van der Waals surface area contributed by atoms with Gasteiger partial charge in [0, 0.05) is 23.9 Å². The molecule has 1 aliphatic rings. The van der Waals surface area contributed by atoms with E-state index in [9.17, 15) is 14.0 Å². The van der Waals surface area contributed by atoms with Gasteiger partial charge in [-0.1, -0.05) is 48.5 Å². The summed E-state index contributed by atoms with van der Waals surface area (Å²) in [4.78, 5) is 26.5. The molecule has 0 radical (unpaired) electrons. The zero-order chi connectivity index (χ0) is 23.5. The molecule has 1 atom stereocenters. The first-order valence-electron chi connectivity index (χ1n) is 10.8. The number of carbonyl (C=O) groups is 1. The van der Waals surface area contributed by atoms with Crippen LogP contribution in [-0.2, 0) is 22.5 Å². The Balaban J connectivity index is 1.87. The lowest BCUT2D eigenvalue weighted by molar-refractivity contribution is -0.139. The number of nitrogens with zero attached hydrogens (tertiary/aromatic N) is 1. The van der Waals surface area contributed by atoms with Gasteiger partial charge in [0.15, 0.2) is 0 Å². The predicted molar refractivity (Wildman–Crippen MR) is 122 cm³/mol. The number of carbonyl (C=O) groups excluding carboxylic acids is 1. The van der Waals surface area contributed by atoms with Gasteiger partial charge in [0.05, 0.1) is 18.1 Å². The van der Waals surface area contributed by atoms with E-state index in [0.717, 1.165) is 5.56 Å². The molecule has 7 heteroatoms. The highest BCUT2D eigenvalue weighted by molar-refractivity contribution is 5.92. The highest BCUT2D eigenvalue weighted by Crippen LogP contribution is 2.42. The Hall–Kier alpha value is -3.87. The number of hydrogen-bond acceptors (Lipinski definition) is 5. The van der Waals surface area contributed by atoms with Crippen LogP contribution in [0.25, 0.3) is 0 Å². The molecule has 0 spiro atoms. The predicted octanol–water partition coefficient (Wildman–Crippen LogP) is 3.80. The molecule has 2 N–H and O–H groups in total. The normalized spacial score (nSPS) is 15.1. The van der Waals surface area contributed by atoms with E-state index in [4.69, 9.17) is 15.2 Å². The Bertz CT molecular complexity index is 1280. The second kappa shape index (κ2) is 9.32. The summed E-state index contributed by atoms with van der Waals surface area (Å²) >= 11 is 0. The van der Waals surface area contributed by atoms with E-state index in [1.807, 2.05) is 30.3 Å². The Kier molecular flexibility index (Phi) is 6.31. The van der Waals surface area contributed by atoms with E-state index >= 15 is 0 Å². The number of esters is 1. The van der Waals surface area contributed by atoms with Crippen LogP contribution in [0.5, 0.6) is 5.75 Å². The number of aromatic nitrogens is 1. The van der Waals surface area contributed by atoms with Gasteiger partial charge in [0.25, 0.3) is 5.56 Å². The molecular weight excluding hydrogens is 423 g/mol. The number of aryl methyl sites for hydroxylation is 2. The van der Waals surface area contributed by atoms with Crippen molar-refractivity contribution < 1.29 is 18.7 Å². The molecule has 1 aliphatic heterocycles. The van der Waals surface area contributed by atoms with Crippen molar-refractivity contribution in [3.63, 3.8) is 0 Å². The van der Waals surface area contributed by atoms with Gasteiger partial charge in [-0.25, -0.2) is 9.18 Å². The fourth-order valence-electron chi connectivity index (χ4n) is 4.18. The van der Waals surface area contributed by atoms with Gasteiger partial charge < -0.3 is 19.8 Å². The van der Waals surface area contributed by atoms with E-state index in [2.05, 4.69) is 0 Å². The van der Waals surface area contributed by atoms with Crippen molar-refractivity contribution >= 4 is 5.97 Å². The molecule has 0 fully saturated rings. The Morgan fingerprint density at radius 3 is 2.55 bits per heavy atom. The third-order valence-corrected chi connectivity index (χ3v) is 5.75. The number of ether oxygens (including phenoxy) is 2. The molecule has 0 saturated carbocycles. The summed E-state index contributed by atoms with van der Waals surface area (Å²) in [6, 6.07) is 17.5. The highest BCUT2D eigenvalue weighted by atomic mass is 19.1. The Morgan fingerprint density at radius 1 is 1.15 bits per heavy atom. The average Bonchev–Trinajstić information content (AvgIpc) is 2.79. The largest absolute Gasteiger partial charge is 0.462 e. The molecule has 6 nitrogen and oxygen atoms in total. The number of pyridine rings is 1. The summed E-state index contributed by atoms with van der Waals surface area (Å²) in [5.41, 5.74) is 7.74. The van der Waals surface area contributed by atoms with Crippen LogP contribution in [0.2, 0.25) is 0 Å². The summed E-state index contributed by atoms with van der Waals surface area (Å²) in [5.74, 6) is -2.34. The minimum Gasteiger partial charge on any atom is -0.462 e. The van der Waals surface area contributed by atoms with Crippen LogP contribution in [0.3, 0.4) is 0 Å². The van der Waals surface area contributed by atoms with Gasteiger partial charge in [0.1, 0.15) is 17.1 Å². The SMILES string of the molecule is CCOC(=O)C1=C(N)Oc2cc(C)n(CCc3ccccc3)c(=O)c2[C@@H]1c1ccccc1F. The zero-order valence-electron chi connectivity index (χ0n) is 18.5. The Labute approximate surface area is 191 Å². The smallest absolute Gasteiger partial charge is 0.340 e. The minimum atomic E-state index is -1.05. The summed E-state index contributed by atoms with van der Waals surface area (Å²) in [6.45, 7) is 3.97. The van der Waals surface area contributed by atoms with Gasteiger partial charge in [-0.05, 0) is 31.9 Å². The molecule has 2 heterocycles. The van der Waals surface area contributed by atoms with E-state index in [1.165, 1.54) is 12.1 Å². The topological polar surface area (TPSA) is 83.5 Å². The van der Waals surface area contributed by atoms with Crippen molar-refractivity contribution in [2.24, 2.45) is 5.73 Å². The first-order valence-corrected chi connectivity index (χ1v) is 10.8. The minimum absolute atomic E-state index is 0.0787. The first-order chi connectivity index (χ1) is 15.9. The standard InChI is InChI=1S/C26H25FN2O4/c1-3-32-26(31)23-21(18-11-7-8-12-19(18)27)22-20(33-24(23)28)15-16(2)29(25(22)30)14-13-17-9-5-4-6-10-17/h4-12,15,21H,3,13-14,28H2,1-2H3/t21-/m0/s1. The molecule has 0 saturated heterocycles. The molecule has 3 aromatic rings. The first kappa shape index (κ1) is 22.3. The maximum atomic E-state index is 14.9. The number of hydrogen-bond donors (Lipinski definition) is 1. The van der Waals surface area contributed by atoms with Crippen LogP contribution >= 0.6 is 0 Å². The molecule has 0 unspecified atom stereocenters. The van der Waals surface area contributed by atoms with Crippen LogP contribution in [0.1, 0.15) is 35.2 Å². The van der Waals surface area contributed by atoms with E-state index < -0.39 is 17.7 Å². The van der Waals surface area contributed by atoms with Crippen molar-refractivity contribution in [3.05, 3.63) is 111 Å². The molecule has 0 bridgehead atoms. The lowest BCUT2D eigenvalue weighted by Crippen LogP contribution is -2.35. The number of benzene rings is 2. The summed E-state index contributed by atoms with van der Waals surface area (Å²) in [5, 5.41) is 0. The molecule has 4 rings (SSSR count). The summed E-state index contributed by atoms with van der Waals surface area (Å²) in [7, 11) is 0. The summed E-state index contributed by atoms with van der Waals surface area (Å²) in [6.07, 6.45) is 0.633. The molecular formula is C26H25FN2O4. The number of nitrogens with two attached hydrogens (primary N) is 1. The third-order valence-electron chi connectivity index (χ3n) is 5.75. The van der Waals surface area contributed by atoms with E-state index in [-0.39, 0.29) is 40.5 Å². The zero-order valence-corrected chi connectivity index (χ0v) is 18.5. The number of rotatable bonds is 6. The maximum absolute atomic E-state index is 14.9.